The molecule has 106 valence electrons. The fourth-order valence-corrected chi connectivity index (χ4v) is 1.53. The van der Waals surface area contributed by atoms with Crippen molar-refractivity contribution in [3.8, 4) is 0 Å². The maximum Gasteiger partial charge on any atom is 0.253 e. The van der Waals surface area contributed by atoms with E-state index in [2.05, 4.69) is 12.2 Å². The summed E-state index contributed by atoms with van der Waals surface area (Å²) in [5.41, 5.74) is 6.54. The Morgan fingerprint density at radius 2 is 2.21 bits per heavy atom. The van der Waals surface area contributed by atoms with Crippen LogP contribution in [0.25, 0.3) is 0 Å². The number of aliphatic hydroxyl groups excluding tert-OH is 1. The van der Waals surface area contributed by atoms with Gasteiger partial charge in [0.05, 0.1) is 18.3 Å². The quantitative estimate of drug-likeness (QED) is 0.487. The van der Waals surface area contributed by atoms with Crippen molar-refractivity contribution in [1.29, 1.82) is 0 Å². The molecule has 0 aliphatic rings. The van der Waals surface area contributed by atoms with E-state index in [1.807, 2.05) is 0 Å². The molecule has 5 heteroatoms. The molecule has 1 aromatic carbocycles. The zero-order valence-corrected chi connectivity index (χ0v) is 11.3. The second-order valence-corrected chi connectivity index (χ2v) is 4.38. The van der Waals surface area contributed by atoms with Crippen LogP contribution in [0.1, 0.15) is 30.1 Å². The van der Waals surface area contributed by atoms with Gasteiger partial charge in [-0.25, -0.2) is 0 Å². The van der Waals surface area contributed by atoms with Gasteiger partial charge in [-0.05, 0) is 18.6 Å². The zero-order chi connectivity index (χ0) is 14.1. The number of amides is 1. The lowest BCUT2D eigenvalue weighted by Gasteiger charge is -2.13. The molecule has 1 unspecified atom stereocenters. The molecule has 0 aliphatic carbocycles. The molecule has 0 bridgehead atoms. The average molecular weight is 266 g/mol. The number of aliphatic hydroxyl groups is 1. The van der Waals surface area contributed by atoms with Crippen molar-refractivity contribution >= 4 is 11.6 Å². The van der Waals surface area contributed by atoms with Gasteiger partial charge in [-0.3, -0.25) is 4.79 Å². The lowest BCUT2D eigenvalue weighted by molar-refractivity contribution is 0.0353. The number of hydrogen-bond acceptors (Lipinski definition) is 4. The van der Waals surface area contributed by atoms with Gasteiger partial charge in [-0.1, -0.05) is 25.5 Å². The van der Waals surface area contributed by atoms with Crippen molar-refractivity contribution in [2.75, 3.05) is 25.5 Å². The number of ether oxygens (including phenoxy) is 1. The summed E-state index contributed by atoms with van der Waals surface area (Å²) in [6.07, 6.45) is 1.32. The molecule has 0 fully saturated rings. The van der Waals surface area contributed by atoms with Crippen LogP contribution in [0.4, 0.5) is 5.69 Å². The van der Waals surface area contributed by atoms with Crippen LogP contribution in [0.2, 0.25) is 0 Å². The molecule has 1 rings (SSSR count). The molecule has 1 amide bonds. The average Bonchev–Trinajstić information content (AvgIpc) is 2.41. The van der Waals surface area contributed by atoms with Gasteiger partial charge in [0.25, 0.3) is 5.91 Å². The highest BCUT2D eigenvalue weighted by atomic mass is 16.5. The van der Waals surface area contributed by atoms with Gasteiger partial charge >= 0.3 is 0 Å². The number of para-hydroxylation sites is 1. The van der Waals surface area contributed by atoms with Crippen LogP contribution in [0, 0.1) is 0 Å². The Labute approximate surface area is 113 Å². The first kappa shape index (κ1) is 15.5. The van der Waals surface area contributed by atoms with Crippen LogP contribution in [0.5, 0.6) is 0 Å². The summed E-state index contributed by atoms with van der Waals surface area (Å²) in [7, 11) is 0. The molecule has 4 N–H and O–H groups in total. The van der Waals surface area contributed by atoms with Gasteiger partial charge in [0.2, 0.25) is 0 Å². The van der Waals surface area contributed by atoms with E-state index in [4.69, 9.17) is 10.5 Å². The molecule has 0 radical (unpaired) electrons. The predicted octanol–water partition coefficient (Wildman–Crippen LogP) is 1.18. The summed E-state index contributed by atoms with van der Waals surface area (Å²) >= 11 is 0. The lowest BCUT2D eigenvalue weighted by atomic mass is 10.1. The molecule has 0 spiro atoms. The van der Waals surface area contributed by atoms with Crippen LogP contribution in [-0.2, 0) is 4.74 Å². The number of carbonyl (C=O) groups excluding carboxylic acids is 1. The first-order valence-electron chi connectivity index (χ1n) is 6.53. The number of nitrogens with one attached hydrogen (secondary N) is 1. The van der Waals surface area contributed by atoms with E-state index in [9.17, 15) is 9.90 Å². The van der Waals surface area contributed by atoms with Crippen LogP contribution in [0.15, 0.2) is 24.3 Å². The first-order valence-corrected chi connectivity index (χ1v) is 6.53. The molecule has 0 heterocycles. The summed E-state index contributed by atoms with van der Waals surface area (Å²) in [6, 6.07) is 6.83. The van der Waals surface area contributed by atoms with Crippen molar-refractivity contribution in [3.05, 3.63) is 29.8 Å². The molecule has 19 heavy (non-hydrogen) atoms. The maximum absolute atomic E-state index is 11.8. The monoisotopic (exact) mass is 266 g/mol. The van der Waals surface area contributed by atoms with Crippen molar-refractivity contribution in [2.45, 2.75) is 25.9 Å². The summed E-state index contributed by atoms with van der Waals surface area (Å²) in [6.45, 7) is 3.08. The summed E-state index contributed by atoms with van der Waals surface area (Å²) in [5.74, 6) is -0.286. The minimum atomic E-state index is -0.703. The summed E-state index contributed by atoms with van der Waals surface area (Å²) in [4.78, 5) is 11.8. The van der Waals surface area contributed by atoms with Gasteiger partial charge in [-0.2, -0.15) is 0 Å². The minimum Gasteiger partial charge on any atom is -0.398 e. The Morgan fingerprint density at radius 1 is 1.47 bits per heavy atom. The van der Waals surface area contributed by atoms with Gasteiger partial charge in [0.15, 0.2) is 0 Å². The Bertz CT molecular complexity index is 396. The zero-order valence-electron chi connectivity index (χ0n) is 11.3. The summed E-state index contributed by atoms with van der Waals surface area (Å²) in [5, 5.41) is 12.3. The number of rotatable bonds is 8. The van der Waals surface area contributed by atoms with E-state index >= 15 is 0 Å². The fourth-order valence-electron chi connectivity index (χ4n) is 1.53. The Kier molecular flexibility index (Phi) is 6.92. The molecule has 1 atom stereocenters. The lowest BCUT2D eigenvalue weighted by Crippen LogP contribution is -2.35. The second kappa shape index (κ2) is 8.50. The van der Waals surface area contributed by atoms with E-state index < -0.39 is 6.10 Å². The molecule has 0 aromatic heterocycles. The van der Waals surface area contributed by atoms with Crippen molar-refractivity contribution < 1.29 is 14.6 Å². The molecule has 0 aliphatic heterocycles. The highest BCUT2D eigenvalue weighted by Crippen LogP contribution is 2.09. The highest BCUT2D eigenvalue weighted by Gasteiger charge is 2.11. The van der Waals surface area contributed by atoms with E-state index in [-0.39, 0.29) is 19.1 Å². The van der Waals surface area contributed by atoms with Crippen LogP contribution in [-0.4, -0.2) is 36.9 Å². The molecule has 1 aromatic rings. The van der Waals surface area contributed by atoms with Crippen molar-refractivity contribution in [3.63, 3.8) is 0 Å². The van der Waals surface area contributed by atoms with E-state index in [1.54, 1.807) is 24.3 Å². The van der Waals surface area contributed by atoms with E-state index in [0.717, 1.165) is 12.8 Å². The topological polar surface area (TPSA) is 84.6 Å². The molecular weight excluding hydrogens is 244 g/mol. The van der Waals surface area contributed by atoms with Gasteiger partial charge in [0.1, 0.15) is 0 Å². The van der Waals surface area contributed by atoms with Gasteiger partial charge in [0, 0.05) is 18.8 Å². The number of carbonyl (C=O) groups is 1. The number of nitrogen functional groups attached to an aromatic ring is 1. The van der Waals surface area contributed by atoms with E-state index in [1.165, 1.54) is 0 Å². The minimum absolute atomic E-state index is 0.152. The third-order valence-electron chi connectivity index (χ3n) is 2.66. The highest BCUT2D eigenvalue weighted by molar-refractivity contribution is 5.99. The number of benzene rings is 1. The maximum atomic E-state index is 11.8. The van der Waals surface area contributed by atoms with Crippen LogP contribution >= 0.6 is 0 Å². The van der Waals surface area contributed by atoms with Crippen molar-refractivity contribution in [1.82, 2.24) is 5.32 Å². The number of anilines is 1. The standard InChI is InChI=1S/C14H22N2O3/c1-2-3-8-19-10-11(17)9-16-14(18)12-6-4-5-7-13(12)15/h4-7,11,17H,2-3,8-10,15H2,1H3,(H,16,18). The van der Waals surface area contributed by atoms with Gasteiger partial charge in [-0.15, -0.1) is 0 Å². The Morgan fingerprint density at radius 3 is 2.89 bits per heavy atom. The van der Waals surface area contributed by atoms with Gasteiger partial charge < -0.3 is 20.9 Å². The third kappa shape index (κ3) is 5.72. The molecule has 0 saturated heterocycles. The smallest absolute Gasteiger partial charge is 0.253 e. The summed E-state index contributed by atoms with van der Waals surface area (Å²) < 4.78 is 5.27. The first-order chi connectivity index (χ1) is 9.15. The molecule has 5 nitrogen and oxygen atoms in total. The fraction of sp³-hybridized carbons (Fsp3) is 0.500. The SMILES string of the molecule is CCCCOCC(O)CNC(=O)c1ccccc1N. The number of hydrogen-bond donors (Lipinski definition) is 3. The third-order valence-corrected chi connectivity index (χ3v) is 2.66. The normalized spacial score (nSPS) is 12.1. The number of unbranched alkanes of at least 4 members (excludes halogenated alkanes) is 1. The Balaban J connectivity index is 2.28. The predicted molar refractivity (Wildman–Crippen MR) is 74.9 cm³/mol. The van der Waals surface area contributed by atoms with E-state index in [0.29, 0.717) is 17.9 Å². The molecular formula is C14H22N2O3. The largest absolute Gasteiger partial charge is 0.398 e. The van der Waals surface area contributed by atoms with Crippen LogP contribution in [0.3, 0.4) is 0 Å². The van der Waals surface area contributed by atoms with Crippen LogP contribution < -0.4 is 11.1 Å². The molecule has 0 saturated carbocycles. The second-order valence-electron chi connectivity index (χ2n) is 4.38. The number of nitrogens with two attached hydrogens (primary N) is 1. The Hall–Kier alpha value is -1.59. The van der Waals surface area contributed by atoms with Crippen molar-refractivity contribution in [2.24, 2.45) is 0 Å².